The minimum atomic E-state index is -3.74. The van der Waals surface area contributed by atoms with Crippen molar-refractivity contribution >= 4 is 48.9 Å². The van der Waals surface area contributed by atoms with Crippen molar-refractivity contribution in [1.29, 1.82) is 5.41 Å². The van der Waals surface area contributed by atoms with Crippen molar-refractivity contribution in [3.05, 3.63) is 0 Å². The highest BCUT2D eigenvalue weighted by Gasteiger charge is 2.62. The predicted molar refractivity (Wildman–Crippen MR) is 102 cm³/mol. The maximum atomic E-state index is 13.6. The molecule has 0 radical (unpaired) electrons. The van der Waals surface area contributed by atoms with E-state index in [0.717, 1.165) is 29.7 Å². The Labute approximate surface area is 156 Å². The zero-order chi connectivity index (χ0) is 18.9. The van der Waals surface area contributed by atoms with Gasteiger partial charge in [0.1, 0.15) is 5.25 Å². The fourth-order valence-electron chi connectivity index (χ4n) is 2.08. The monoisotopic (exact) mass is 412 g/mol. The minimum Gasteiger partial charge on any atom is -0.465 e. The van der Waals surface area contributed by atoms with E-state index in [4.69, 9.17) is 23.9 Å². The molecule has 11 heteroatoms. The van der Waals surface area contributed by atoms with Crippen LogP contribution in [0, 0.1) is 5.41 Å². The number of ether oxygens (including phenoxy) is 2. The molecule has 0 amide bonds. The smallest absolute Gasteiger partial charge is 0.361 e. The molecule has 0 aliphatic carbocycles. The summed E-state index contributed by atoms with van der Waals surface area (Å²) in [7, 11) is -3.74. The van der Waals surface area contributed by atoms with Crippen LogP contribution in [0.5, 0.6) is 0 Å². The molecule has 1 heterocycles. The van der Waals surface area contributed by atoms with Gasteiger partial charge in [0, 0.05) is 12.8 Å². The molecule has 144 valence electrons. The maximum absolute atomic E-state index is 13.6. The Morgan fingerprint density at radius 1 is 1.32 bits per heavy atom. The summed E-state index contributed by atoms with van der Waals surface area (Å²) in [5.74, 6) is -0.593. The van der Waals surface area contributed by atoms with Gasteiger partial charge >= 0.3 is 13.6 Å². The van der Waals surface area contributed by atoms with Gasteiger partial charge in [-0.2, -0.15) is 0 Å². The summed E-state index contributed by atoms with van der Waals surface area (Å²) < 4.78 is 33.9. The summed E-state index contributed by atoms with van der Waals surface area (Å²) in [6, 6.07) is 0. The standard InChI is InChI=1S/C14H25N2O6PS2/c1-5-19-12(17)11(9-15)25-14(13(20-6-2)16-10-24-14)23(18,21-7-3)22-8-4/h9-11,13,15H,5-8H2,1-4H3. The second-order valence-corrected chi connectivity index (χ2v) is 10.2. The van der Waals surface area contributed by atoms with Gasteiger partial charge < -0.3 is 23.9 Å². The van der Waals surface area contributed by atoms with Crippen molar-refractivity contribution in [2.24, 2.45) is 4.99 Å². The third-order valence-corrected chi connectivity index (χ3v) is 9.62. The summed E-state index contributed by atoms with van der Waals surface area (Å²) in [6.45, 7) is 7.73. The van der Waals surface area contributed by atoms with Crippen LogP contribution in [0.25, 0.3) is 0 Å². The van der Waals surface area contributed by atoms with Crippen LogP contribution in [0.3, 0.4) is 0 Å². The molecule has 1 aliphatic rings. The molecule has 0 fully saturated rings. The summed E-state index contributed by atoms with van der Waals surface area (Å²) in [6.07, 6.45) is 0.113. The van der Waals surface area contributed by atoms with E-state index in [1.54, 1.807) is 27.7 Å². The van der Waals surface area contributed by atoms with Crippen LogP contribution >= 0.6 is 31.1 Å². The Hall–Kier alpha value is -0.380. The van der Waals surface area contributed by atoms with Crippen molar-refractivity contribution < 1.29 is 27.9 Å². The molecule has 0 saturated carbocycles. The third-order valence-electron chi connectivity index (χ3n) is 3.00. The first kappa shape index (κ1) is 22.7. The lowest BCUT2D eigenvalue weighted by Gasteiger charge is -2.38. The summed E-state index contributed by atoms with van der Waals surface area (Å²) in [4.78, 5) is 16.4. The van der Waals surface area contributed by atoms with Crippen molar-refractivity contribution in [3.63, 3.8) is 0 Å². The van der Waals surface area contributed by atoms with E-state index in [9.17, 15) is 9.36 Å². The van der Waals surface area contributed by atoms with E-state index < -0.39 is 28.9 Å². The summed E-state index contributed by atoms with van der Waals surface area (Å²) in [5, 5.41) is 6.61. The number of carbonyl (C=O) groups is 1. The molecule has 1 rings (SSSR count). The van der Waals surface area contributed by atoms with Crippen LogP contribution in [-0.2, 0) is 27.9 Å². The molecule has 1 aliphatic heterocycles. The molecule has 8 nitrogen and oxygen atoms in total. The highest BCUT2D eigenvalue weighted by molar-refractivity contribution is 8.31. The van der Waals surface area contributed by atoms with E-state index in [1.165, 1.54) is 5.55 Å². The lowest BCUT2D eigenvalue weighted by atomic mass is 10.5. The lowest BCUT2D eigenvalue weighted by Crippen LogP contribution is -2.39. The van der Waals surface area contributed by atoms with E-state index in [0.29, 0.717) is 6.61 Å². The van der Waals surface area contributed by atoms with Crippen LogP contribution in [0.15, 0.2) is 4.99 Å². The largest absolute Gasteiger partial charge is 0.465 e. The average molecular weight is 412 g/mol. The fourth-order valence-corrected chi connectivity index (χ4v) is 7.83. The van der Waals surface area contributed by atoms with Gasteiger partial charge in [-0.1, -0.05) is 11.8 Å². The van der Waals surface area contributed by atoms with Crippen molar-refractivity contribution in [3.8, 4) is 0 Å². The molecule has 1 N–H and O–H groups in total. The SMILES string of the molecule is CCOC(=O)C(C=N)SC1(P(=O)(OCC)OCC)SC=NC1OCC. The van der Waals surface area contributed by atoms with Crippen LogP contribution in [0.1, 0.15) is 27.7 Å². The lowest BCUT2D eigenvalue weighted by molar-refractivity contribution is -0.141. The number of aliphatic imine (C=N–C) groups is 1. The van der Waals surface area contributed by atoms with Gasteiger partial charge in [-0.15, -0.1) is 11.8 Å². The molecule has 0 bridgehead atoms. The van der Waals surface area contributed by atoms with Gasteiger partial charge in [-0.05, 0) is 27.7 Å². The molecular weight excluding hydrogens is 387 g/mol. The van der Waals surface area contributed by atoms with E-state index >= 15 is 0 Å². The van der Waals surface area contributed by atoms with Crippen molar-refractivity contribution in [2.75, 3.05) is 26.4 Å². The van der Waals surface area contributed by atoms with Crippen LogP contribution < -0.4 is 0 Å². The zero-order valence-electron chi connectivity index (χ0n) is 14.8. The molecule has 0 aromatic carbocycles. The first-order chi connectivity index (χ1) is 11.9. The number of thioether (sulfide) groups is 2. The second-order valence-electron chi connectivity index (χ2n) is 4.60. The first-order valence-electron chi connectivity index (χ1n) is 7.99. The number of hydrogen-bond acceptors (Lipinski definition) is 10. The van der Waals surface area contributed by atoms with Crippen LogP contribution in [-0.4, -0.2) is 59.5 Å². The second kappa shape index (κ2) is 10.7. The molecular formula is C14H25N2O6PS2. The highest BCUT2D eigenvalue weighted by Crippen LogP contribution is 2.73. The minimum absolute atomic E-state index is 0.160. The van der Waals surface area contributed by atoms with Crippen molar-refractivity contribution in [1.82, 2.24) is 0 Å². The van der Waals surface area contributed by atoms with Gasteiger partial charge in [-0.3, -0.25) is 14.4 Å². The van der Waals surface area contributed by atoms with Crippen LogP contribution in [0.4, 0.5) is 0 Å². The van der Waals surface area contributed by atoms with Gasteiger partial charge in [-0.25, -0.2) is 0 Å². The quantitative estimate of drug-likeness (QED) is 0.295. The number of esters is 1. The molecule has 3 unspecified atom stereocenters. The first-order valence-corrected chi connectivity index (χ1v) is 11.3. The number of nitrogens with one attached hydrogen (secondary N) is 1. The Balaban J connectivity index is 3.30. The Bertz CT molecular complexity index is 525. The van der Waals surface area contributed by atoms with Gasteiger partial charge in [0.25, 0.3) is 0 Å². The zero-order valence-corrected chi connectivity index (χ0v) is 17.3. The van der Waals surface area contributed by atoms with Gasteiger partial charge in [0.05, 0.1) is 25.4 Å². The molecule has 0 spiro atoms. The molecule has 0 aromatic rings. The number of nitrogens with zero attached hydrogens (tertiary/aromatic N) is 1. The van der Waals surface area contributed by atoms with E-state index in [-0.39, 0.29) is 19.8 Å². The molecule has 0 aromatic heterocycles. The predicted octanol–water partition coefficient (Wildman–Crippen LogP) is 3.36. The van der Waals surface area contributed by atoms with Gasteiger partial charge in [0.2, 0.25) is 3.82 Å². The third kappa shape index (κ3) is 5.08. The summed E-state index contributed by atoms with van der Waals surface area (Å²) in [5.41, 5.74) is 1.52. The van der Waals surface area contributed by atoms with Crippen molar-refractivity contribution in [2.45, 2.75) is 43.0 Å². The van der Waals surface area contributed by atoms with Crippen LogP contribution in [0.2, 0.25) is 0 Å². The normalized spacial score (nSPS) is 24.2. The van der Waals surface area contributed by atoms with Gasteiger partial charge in [0.15, 0.2) is 6.23 Å². The Morgan fingerprint density at radius 3 is 2.44 bits per heavy atom. The maximum Gasteiger partial charge on any atom is 0.361 e. The molecule has 0 saturated heterocycles. The Kier molecular flexibility index (Phi) is 9.69. The average Bonchev–Trinajstić information content (AvgIpc) is 2.98. The van der Waals surface area contributed by atoms with E-state index in [1.807, 2.05) is 0 Å². The van der Waals surface area contributed by atoms with E-state index in [2.05, 4.69) is 4.99 Å². The molecule has 3 atom stereocenters. The summed E-state index contributed by atoms with van der Waals surface area (Å²) >= 11 is 2.09. The topological polar surface area (TPSA) is 107 Å². The molecule has 25 heavy (non-hydrogen) atoms. The highest BCUT2D eigenvalue weighted by atomic mass is 32.2. The number of hydrogen-bond donors (Lipinski definition) is 1. The Morgan fingerprint density at radius 2 is 1.96 bits per heavy atom. The number of rotatable bonds is 12. The number of carbonyl (C=O) groups excluding carboxylic acids is 1. The fraction of sp³-hybridized carbons (Fsp3) is 0.786.